The second-order valence-electron chi connectivity index (χ2n) is 7.30. The number of urea groups is 1. The number of likely N-dealkylation sites (tertiary alicyclic amines) is 1. The molecule has 3 fully saturated rings. The minimum Gasteiger partial charge on any atom is -0.381 e. The van der Waals surface area contributed by atoms with Crippen LogP contribution >= 0.6 is 0 Å². The Morgan fingerprint density at radius 3 is 2.77 bits per heavy atom. The Balaban J connectivity index is 1.57. The summed E-state index contributed by atoms with van der Waals surface area (Å²) in [5.74, 6) is 1.34. The van der Waals surface area contributed by atoms with Gasteiger partial charge in [0.15, 0.2) is 0 Å². The number of amides is 2. The molecular weight excluding hydrogens is 280 g/mol. The fourth-order valence-corrected chi connectivity index (χ4v) is 4.54. The Kier molecular flexibility index (Phi) is 4.93. The van der Waals surface area contributed by atoms with Crippen LogP contribution < -0.4 is 5.32 Å². The van der Waals surface area contributed by atoms with Gasteiger partial charge in [-0.15, -0.1) is 0 Å². The van der Waals surface area contributed by atoms with Crippen molar-refractivity contribution in [2.24, 2.45) is 11.8 Å². The maximum Gasteiger partial charge on any atom is 0.317 e. The third-order valence-electron chi connectivity index (χ3n) is 6.06. The summed E-state index contributed by atoms with van der Waals surface area (Å²) in [7, 11) is 1.74. The highest BCUT2D eigenvalue weighted by Gasteiger charge is 2.43. The van der Waals surface area contributed by atoms with Crippen LogP contribution in [0, 0.1) is 11.8 Å². The molecule has 0 aromatic heterocycles. The Labute approximate surface area is 133 Å². The SMILES string of the molecule is COC1(CNC(=O)N2C[C@H](C)[C@H]3CCCC[C@H]32)CCOCC1. The molecule has 5 heteroatoms. The molecule has 126 valence electrons. The second-order valence-corrected chi connectivity index (χ2v) is 7.30. The predicted molar refractivity (Wildman–Crippen MR) is 84.8 cm³/mol. The number of nitrogens with zero attached hydrogens (tertiary/aromatic N) is 1. The summed E-state index contributed by atoms with van der Waals surface area (Å²) in [4.78, 5) is 14.8. The van der Waals surface area contributed by atoms with Gasteiger partial charge in [0.05, 0.1) is 5.60 Å². The lowest BCUT2D eigenvalue weighted by Gasteiger charge is -2.37. The second kappa shape index (κ2) is 6.75. The minimum absolute atomic E-state index is 0.101. The Hall–Kier alpha value is -0.810. The molecule has 0 unspecified atom stereocenters. The fraction of sp³-hybridized carbons (Fsp3) is 0.941. The first-order chi connectivity index (χ1) is 10.7. The van der Waals surface area contributed by atoms with Crippen LogP contribution in [-0.2, 0) is 9.47 Å². The quantitative estimate of drug-likeness (QED) is 0.871. The van der Waals surface area contributed by atoms with Crippen LogP contribution in [0.1, 0.15) is 45.4 Å². The maximum atomic E-state index is 12.7. The minimum atomic E-state index is -0.245. The van der Waals surface area contributed by atoms with E-state index >= 15 is 0 Å². The molecule has 0 aromatic rings. The first kappa shape index (κ1) is 16.1. The number of rotatable bonds is 3. The molecule has 1 aliphatic carbocycles. The van der Waals surface area contributed by atoms with E-state index in [1.165, 1.54) is 25.7 Å². The van der Waals surface area contributed by atoms with Crippen LogP contribution in [0.2, 0.25) is 0 Å². The van der Waals surface area contributed by atoms with Crippen molar-refractivity contribution in [3.63, 3.8) is 0 Å². The van der Waals surface area contributed by atoms with E-state index in [1.807, 2.05) is 0 Å². The van der Waals surface area contributed by atoms with E-state index in [0.29, 0.717) is 24.4 Å². The molecule has 0 bridgehead atoms. The largest absolute Gasteiger partial charge is 0.381 e. The molecule has 3 atom stereocenters. The zero-order chi connectivity index (χ0) is 15.6. The van der Waals surface area contributed by atoms with Gasteiger partial charge in [0.1, 0.15) is 0 Å². The van der Waals surface area contributed by atoms with Gasteiger partial charge >= 0.3 is 6.03 Å². The van der Waals surface area contributed by atoms with E-state index < -0.39 is 0 Å². The van der Waals surface area contributed by atoms with Gasteiger partial charge in [0.25, 0.3) is 0 Å². The van der Waals surface area contributed by atoms with Gasteiger partial charge in [-0.05, 0) is 24.7 Å². The lowest BCUT2D eigenvalue weighted by molar-refractivity contribution is -0.0865. The Morgan fingerprint density at radius 1 is 1.32 bits per heavy atom. The predicted octanol–water partition coefficient (Wildman–Crippen LogP) is 2.40. The molecule has 2 heterocycles. The number of hydrogen-bond acceptors (Lipinski definition) is 3. The van der Waals surface area contributed by atoms with Crippen LogP contribution in [0.3, 0.4) is 0 Å². The van der Waals surface area contributed by atoms with Crippen molar-refractivity contribution in [3.05, 3.63) is 0 Å². The number of fused-ring (bicyclic) bond motifs is 1. The van der Waals surface area contributed by atoms with Gasteiger partial charge in [0.2, 0.25) is 0 Å². The van der Waals surface area contributed by atoms with Crippen molar-refractivity contribution >= 4 is 6.03 Å². The standard InChI is InChI=1S/C17H30N2O3/c1-13-11-19(15-6-4-3-5-14(13)15)16(20)18-12-17(21-2)7-9-22-10-8-17/h13-15H,3-12H2,1-2H3,(H,18,20)/t13-,14+,15+/m0/s1. The van der Waals surface area contributed by atoms with Gasteiger partial charge in [-0.2, -0.15) is 0 Å². The fourth-order valence-electron chi connectivity index (χ4n) is 4.54. The first-order valence-corrected chi connectivity index (χ1v) is 8.82. The van der Waals surface area contributed by atoms with Crippen LogP contribution in [0.4, 0.5) is 4.79 Å². The number of nitrogens with one attached hydrogen (secondary N) is 1. The van der Waals surface area contributed by atoms with E-state index in [4.69, 9.17) is 9.47 Å². The van der Waals surface area contributed by atoms with Crippen molar-refractivity contribution < 1.29 is 14.3 Å². The average molecular weight is 310 g/mol. The van der Waals surface area contributed by atoms with Crippen LogP contribution in [0.5, 0.6) is 0 Å². The Bertz CT molecular complexity index is 395. The van der Waals surface area contributed by atoms with Crippen molar-refractivity contribution in [2.75, 3.05) is 33.4 Å². The van der Waals surface area contributed by atoms with Crippen molar-refractivity contribution in [2.45, 2.75) is 57.1 Å². The highest BCUT2D eigenvalue weighted by Crippen LogP contribution is 2.39. The number of ether oxygens (including phenoxy) is 2. The van der Waals surface area contributed by atoms with Crippen molar-refractivity contribution in [1.29, 1.82) is 0 Å². The third kappa shape index (κ3) is 3.11. The zero-order valence-electron chi connectivity index (χ0n) is 14.0. The summed E-state index contributed by atoms with van der Waals surface area (Å²) < 4.78 is 11.1. The van der Waals surface area contributed by atoms with Crippen LogP contribution in [0.25, 0.3) is 0 Å². The summed E-state index contributed by atoms with van der Waals surface area (Å²) in [5.41, 5.74) is -0.245. The van der Waals surface area contributed by atoms with Gasteiger partial charge in [0, 0.05) is 52.3 Å². The topological polar surface area (TPSA) is 50.8 Å². The molecule has 2 saturated heterocycles. The van der Waals surface area contributed by atoms with E-state index in [-0.39, 0.29) is 11.6 Å². The number of carbonyl (C=O) groups is 1. The number of hydrogen-bond donors (Lipinski definition) is 1. The molecule has 0 radical (unpaired) electrons. The van der Waals surface area contributed by atoms with Gasteiger partial charge < -0.3 is 19.7 Å². The molecular formula is C17H30N2O3. The smallest absolute Gasteiger partial charge is 0.317 e. The van der Waals surface area contributed by atoms with Crippen molar-refractivity contribution in [1.82, 2.24) is 10.2 Å². The summed E-state index contributed by atoms with van der Waals surface area (Å²) in [6.07, 6.45) is 6.75. The van der Waals surface area contributed by atoms with E-state index in [0.717, 1.165) is 32.6 Å². The lowest BCUT2D eigenvalue weighted by Crippen LogP contribution is -2.52. The molecule has 3 rings (SSSR count). The highest BCUT2D eigenvalue weighted by atomic mass is 16.5. The molecule has 22 heavy (non-hydrogen) atoms. The third-order valence-corrected chi connectivity index (χ3v) is 6.06. The summed E-state index contributed by atoms with van der Waals surface area (Å²) in [6.45, 7) is 5.23. The van der Waals surface area contributed by atoms with Crippen LogP contribution in [0.15, 0.2) is 0 Å². The summed E-state index contributed by atoms with van der Waals surface area (Å²) in [5, 5.41) is 3.15. The van der Waals surface area contributed by atoms with E-state index in [9.17, 15) is 4.79 Å². The Morgan fingerprint density at radius 2 is 2.05 bits per heavy atom. The highest BCUT2D eigenvalue weighted by molar-refractivity contribution is 5.75. The molecule has 5 nitrogen and oxygen atoms in total. The molecule has 2 amide bonds. The molecule has 1 saturated carbocycles. The van der Waals surface area contributed by atoms with Gasteiger partial charge in [-0.1, -0.05) is 19.8 Å². The molecule has 0 aromatic carbocycles. The normalized spacial score (nSPS) is 34.3. The monoisotopic (exact) mass is 310 g/mol. The number of carbonyl (C=O) groups excluding carboxylic acids is 1. The first-order valence-electron chi connectivity index (χ1n) is 8.82. The zero-order valence-corrected chi connectivity index (χ0v) is 14.0. The maximum absolute atomic E-state index is 12.7. The molecule has 3 aliphatic rings. The van der Waals surface area contributed by atoms with Crippen LogP contribution in [-0.4, -0.2) is 56.0 Å². The van der Waals surface area contributed by atoms with E-state index in [2.05, 4.69) is 17.1 Å². The summed E-state index contributed by atoms with van der Waals surface area (Å²) in [6, 6.07) is 0.557. The molecule has 0 spiro atoms. The van der Waals surface area contributed by atoms with Crippen molar-refractivity contribution in [3.8, 4) is 0 Å². The number of methoxy groups -OCH3 is 1. The lowest BCUT2D eigenvalue weighted by atomic mass is 9.80. The van der Waals surface area contributed by atoms with Gasteiger partial charge in [-0.25, -0.2) is 4.79 Å². The van der Waals surface area contributed by atoms with Gasteiger partial charge in [-0.3, -0.25) is 0 Å². The van der Waals surface area contributed by atoms with E-state index in [1.54, 1.807) is 7.11 Å². The average Bonchev–Trinajstić information content (AvgIpc) is 2.91. The molecule has 2 aliphatic heterocycles. The summed E-state index contributed by atoms with van der Waals surface area (Å²) >= 11 is 0. The molecule has 1 N–H and O–H groups in total.